The van der Waals surface area contributed by atoms with Gasteiger partial charge in [0.15, 0.2) is 5.65 Å². The molecule has 41 heavy (non-hydrogen) atoms. The van der Waals surface area contributed by atoms with Crippen LogP contribution in [0, 0.1) is 6.92 Å². The van der Waals surface area contributed by atoms with E-state index in [1.54, 1.807) is 24.9 Å². The number of nitrogens with one attached hydrogen (secondary N) is 2. The van der Waals surface area contributed by atoms with Gasteiger partial charge in [0.05, 0.1) is 24.5 Å². The summed E-state index contributed by atoms with van der Waals surface area (Å²) in [6.45, 7) is 3.18. The first-order chi connectivity index (χ1) is 19.5. The van der Waals surface area contributed by atoms with E-state index in [0.29, 0.717) is 31.9 Å². The Morgan fingerprint density at radius 2 is 1.80 bits per heavy atom. The highest BCUT2D eigenvalue weighted by Crippen LogP contribution is 2.33. The summed E-state index contributed by atoms with van der Waals surface area (Å²) in [5, 5.41) is 5.46. The van der Waals surface area contributed by atoms with Crippen molar-refractivity contribution in [1.29, 1.82) is 0 Å². The summed E-state index contributed by atoms with van der Waals surface area (Å²) in [7, 11) is 3.07. The highest BCUT2D eigenvalue weighted by molar-refractivity contribution is 6.05. The van der Waals surface area contributed by atoms with Gasteiger partial charge in [0.1, 0.15) is 5.39 Å². The molecule has 4 aromatic rings. The molecule has 0 atom stereocenters. The summed E-state index contributed by atoms with van der Waals surface area (Å²) >= 11 is 0. The number of alkyl halides is 3. The third kappa shape index (κ3) is 5.37. The molecule has 0 saturated carbocycles. The van der Waals surface area contributed by atoms with E-state index in [0.717, 1.165) is 16.7 Å². The number of morpholine rings is 1. The lowest BCUT2D eigenvalue weighted by Gasteiger charge is -2.29. The Kier molecular flexibility index (Phi) is 7.26. The molecule has 1 aliphatic rings. The maximum absolute atomic E-state index is 13.7. The predicted octanol–water partition coefficient (Wildman–Crippen LogP) is 2.94. The first-order valence-electron chi connectivity index (χ1n) is 12.6. The standard InChI is InChI=1S/C27H26F3N7O4/c1-15-4-5-18(13-21(15)37-24(39)20-14-32-25(31-2)34-22(20)35(3)26(37)40)33-23(38)16-10-17(27(28,29)30)12-19(11-16)36-6-8-41-9-7-36/h4-5,10-14H,6-9H2,1-3H3,(H,33,38)(H,31,32,34). The van der Waals surface area contributed by atoms with Gasteiger partial charge in [-0.05, 0) is 42.8 Å². The van der Waals surface area contributed by atoms with Gasteiger partial charge in [-0.15, -0.1) is 0 Å². The molecule has 214 valence electrons. The molecule has 5 rings (SSSR count). The molecule has 0 unspecified atom stereocenters. The second-order valence-electron chi connectivity index (χ2n) is 9.48. The first-order valence-corrected chi connectivity index (χ1v) is 12.6. The summed E-state index contributed by atoms with van der Waals surface area (Å²) < 4.78 is 48.5. The van der Waals surface area contributed by atoms with Crippen LogP contribution in [0.25, 0.3) is 16.7 Å². The Balaban J connectivity index is 1.54. The topological polar surface area (TPSA) is 123 Å². The minimum absolute atomic E-state index is 0.0968. The van der Waals surface area contributed by atoms with Crippen LogP contribution in [0.15, 0.2) is 52.2 Å². The van der Waals surface area contributed by atoms with Crippen molar-refractivity contribution in [2.24, 2.45) is 7.05 Å². The van der Waals surface area contributed by atoms with E-state index >= 15 is 0 Å². The third-order valence-electron chi connectivity index (χ3n) is 6.81. The molecule has 0 bridgehead atoms. The monoisotopic (exact) mass is 569 g/mol. The Morgan fingerprint density at radius 1 is 1.07 bits per heavy atom. The van der Waals surface area contributed by atoms with Crippen LogP contribution >= 0.6 is 0 Å². The summed E-state index contributed by atoms with van der Waals surface area (Å²) in [5.41, 5.74) is -1.18. The van der Waals surface area contributed by atoms with Gasteiger partial charge in [0, 0.05) is 50.3 Å². The maximum Gasteiger partial charge on any atom is 0.416 e. The number of fused-ring (bicyclic) bond motifs is 1. The number of aromatic nitrogens is 4. The molecular formula is C27H26F3N7O4. The highest BCUT2D eigenvalue weighted by Gasteiger charge is 2.32. The van der Waals surface area contributed by atoms with E-state index in [4.69, 9.17) is 4.74 Å². The molecule has 1 amide bonds. The number of carbonyl (C=O) groups excluding carboxylic acids is 1. The molecule has 1 fully saturated rings. The van der Waals surface area contributed by atoms with Crippen LogP contribution in [0.1, 0.15) is 21.5 Å². The summed E-state index contributed by atoms with van der Waals surface area (Å²) in [4.78, 5) is 49.8. The van der Waals surface area contributed by atoms with E-state index in [1.165, 1.54) is 36.0 Å². The van der Waals surface area contributed by atoms with Gasteiger partial charge >= 0.3 is 11.9 Å². The molecule has 2 aromatic heterocycles. The number of anilines is 3. The molecular weight excluding hydrogens is 543 g/mol. The SMILES string of the molecule is CNc1ncc2c(=O)n(-c3cc(NC(=O)c4cc(N5CCOCC5)cc(C(F)(F)F)c4)ccc3C)c(=O)n(C)c2n1. The Morgan fingerprint density at radius 3 is 2.49 bits per heavy atom. The number of aryl methyl sites for hydroxylation is 2. The zero-order chi connectivity index (χ0) is 29.5. The maximum atomic E-state index is 13.7. The van der Waals surface area contributed by atoms with Gasteiger partial charge in [0.2, 0.25) is 5.95 Å². The van der Waals surface area contributed by atoms with Crippen LogP contribution in [0.2, 0.25) is 0 Å². The number of hydrogen-bond acceptors (Lipinski definition) is 8. The van der Waals surface area contributed by atoms with Gasteiger partial charge in [-0.3, -0.25) is 14.2 Å². The third-order valence-corrected chi connectivity index (χ3v) is 6.81. The van der Waals surface area contributed by atoms with E-state index < -0.39 is 28.9 Å². The second kappa shape index (κ2) is 10.7. The molecule has 0 spiro atoms. The zero-order valence-corrected chi connectivity index (χ0v) is 22.4. The number of ether oxygens (including phenoxy) is 1. The van der Waals surface area contributed by atoms with Gasteiger partial charge < -0.3 is 20.3 Å². The van der Waals surface area contributed by atoms with Gasteiger partial charge in [0.25, 0.3) is 11.5 Å². The minimum atomic E-state index is -4.66. The number of hydrogen-bond donors (Lipinski definition) is 2. The predicted molar refractivity (Wildman–Crippen MR) is 147 cm³/mol. The van der Waals surface area contributed by atoms with Crippen LogP contribution in [-0.2, 0) is 18.0 Å². The lowest BCUT2D eigenvalue weighted by Crippen LogP contribution is -2.38. The van der Waals surface area contributed by atoms with E-state index in [2.05, 4.69) is 20.6 Å². The number of nitrogens with zero attached hydrogens (tertiary/aromatic N) is 5. The smallest absolute Gasteiger partial charge is 0.378 e. The lowest BCUT2D eigenvalue weighted by molar-refractivity contribution is -0.137. The molecule has 0 aliphatic carbocycles. The Bertz CT molecular complexity index is 1780. The molecule has 2 N–H and O–H groups in total. The lowest BCUT2D eigenvalue weighted by atomic mass is 10.1. The molecule has 1 aliphatic heterocycles. The van der Waals surface area contributed by atoms with Crippen LogP contribution in [0.5, 0.6) is 0 Å². The summed E-state index contributed by atoms with van der Waals surface area (Å²) in [6, 6.07) is 7.74. The summed E-state index contributed by atoms with van der Waals surface area (Å²) in [6.07, 6.45) is -3.35. The van der Waals surface area contributed by atoms with Crippen LogP contribution in [-0.4, -0.2) is 58.4 Å². The molecule has 3 heterocycles. The van der Waals surface area contributed by atoms with Gasteiger partial charge in [-0.25, -0.2) is 14.3 Å². The van der Waals surface area contributed by atoms with Crippen LogP contribution in [0.4, 0.5) is 30.5 Å². The zero-order valence-electron chi connectivity index (χ0n) is 22.4. The fourth-order valence-electron chi connectivity index (χ4n) is 4.60. The van der Waals surface area contributed by atoms with Crippen molar-refractivity contribution in [2.45, 2.75) is 13.1 Å². The molecule has 1 saturated heterocycles. The fraction of sp³-hybridized carbons (Fsp3) is 0.296. The number of rotatable bonds is 5. The van der Waals surface area contributed by atoms with Gasteiger partial charge in [-0.1, -0.05) is 6.07 Å². The Hall–Kier alpha value is -4.72. The molecule has 11 nitrogen and oxygen atoms in total. The van der Waals surface area contributed by atoms with Crippen molar-refractivity contribution >= 4 is 34.3 Å². The normalized spacial score (nSPS) is 13.9. The average Bonchev–Trinajstić information content (AvgIpc) is 2.97. The molecule has 14 heteroatoms. The number of carbonyl (C=O) groups is 1. The van der Waals surface area contributed by atoms with Crippen molar-refractivity contribution in [3.63, 3.8) is 0 Å². The van der Waals surface area contributed by atoms with Crippen molar-refractivity contribution in [2.75, 3.05) is 48.9 Å². The summed E-state index contributed by atoms with van der Waals surface area (Å²) in [5.74, 6) is -0.552. The Labute approximate surface area is 231 Å². The number of benzene rings is 2. The number of amides is 1. The number of halogens is 3. The average molecular weight is 570 g/mol. The quantitative estimate of drug-likeness (QED) is 0.376. The largest absolute Gasteiger partial charge is 0.416 e. The molecule has 0 radical (unpaired) electrons. The van der Waals surface area contributed by atoms with Gasteiger partial charge in [-0.2, -0.15) is 18.2 Å². The molecule has 2 aromatic carbocycles. The van der Waals surface area contributed by atoms with Crippen molar-refractivity contribution < 1.29 is 22.7 Å². The van der Waals surface area contributed by atoms with Crippen LogP contribution in [0.3, 0.4) is 0 Å². The van der Waals surface area contributed by atoms with Crippen molar-refractivity contribution in [3.8, 4) is 5.69 Å². The van der Waals surface area contributed by atoms with E-state index in [9.17, 15) is 27.6 Å². The van der Waals surface area contributed by atoms with Crippen molar-refractivity contribution in [3.05, 3.63) is 80.1 Å². The fourth-order valence-corrected chi connectivity index (χ4v) is 4.60. The van der Waals surface area contributed by atoms with Crippen molar-refractivity contribution in [1.82, 2.24) is 19.1 Å². The highest BCUT2D eigenvalue weighted by atomic mass is 19.4. The second-order valence-corrected chi connectivity index (χ2v) is 9.48. The van der Waals surface area contributed by atoms with Crippen LogP contribution < -0.4 is 26.8 Å². The van der Waals surface area contributed by atoms with E-state index in [1.807, 2.05) is 0 Å². The van der Waals surface area contributed by atoms with E-state index in [-0.39, 0.29) is 39.6 Å². The first kappa shape index (κ1) is 27.8. The minimum Gasteiger partial charge on any atom is -0.378 e.